The molecule has 0 spiro atoms. The van der Waals surface area contributed by atoms with Crippen molar-refractivity contribution in [2.45, 2.75) is 31.2 Å². The number of likely N-dealkylation sites (N-methyl/N-ethyl adjacent to an activating group) is 1. The number of carbonyl (C=O) groups is 1. The molecule has 21 heavy (non-hydrogen) atoms. The molecule has 0 atom stereocenters. The van der Waals surface area contributed by atoms with Crippen molar-refractivity contribution in [3.8, 4) is 5.75 Å². The van der Waals surface area contributed by atoms with Crippen LogP contribution in [0.2, 0.25) is 0 Å². The highest BCUT2D eigenvalue weighted by Crippen LogP contribution is 2.18. The summed E-state index contributed by atoms with van der Waals surface area (Å²) in [6, 6.07) is 6.03. The minimum atomic E-state index is -3.70. The minimum Gasteiger partial charge on any atom is -0.497 e. The molecule has 6 nitrogen and oxygen atoms in total. The van der Waals surface area contributed by atoms with Gasteiger partial charge < -0.3 is 10.1 Å². The standard InChI is InChI=1S/C14H22N2O4S/c1-14(2,3)15-13(17)10-16(4)21(18,19)12-8-6-11(20-5)7-9-12/h6-9H,10H2,1-5H3,(H,15,17). The summed E-state index contributed by atoms with van der Waals surface area (Å²) in [4.78, 5) is 11.9. The Morgan fingerprint density at radius 1 is 1.24 bits per heavy atom. The molecule has 0 radical (unpaired) electrons. The van der Waals surface area contributed by atoms with Crippen molar-refractivity contribution in [2.75, 3.05) is 20.7 Å². The van der Waals surface area contributed by atoms with Crippen molar-refractivity contribution in [1.82, 2.24) is 9.62 Å². The lowest BCUT2D eigenvalue weighted by atomic mass is 10.1. The summed E-state index contributed by atoms with van der Waals surface area (Å²) in [5.74, 6) is 0.226. The molecule has 0 fully saturated rings. The number of hydrogen-bond donors (Lipinski definition) is 1. The number of rotatable bonds is 5. The van der Waals surface area contributed by atoms with Crippen molar-refractivity contribution in [2.24, 2.45) is 0 Å². The highest BCUT2D eigenvalue weighted by atomic mass is 32.2. The van der Waals surface area contributed by atoms with E-state index in [1.807, 2.05) is 20.8 Å². The fourth-order valence-corrected chi connectivity index (χ4v) is 2.80. The number of sulfonamides is 1. The van der Waals surface area contributed by atoms with Gasteiger partial charge in [-0.1, -0.05) is 0 Å². The molecular weight excluding hydrogens is 292 g/mol. The Morgan fingerprint density at radius 3 is 2.19 bits per heavy atom. The monoisotopic (exact) mass is 314 g/mol. The lowest BCUT2D eigenvalue weighted by molar-refractivity contribution is -0.122. The number of hydrogen-bond acceptors (Lipinski definition) is 4. The van der Waals surface area contributed by atoms with Crippen LogP contribution in [-0.4, -0.2) is 44.9 Å². The third kappa shape index (κ3) is 5.02. The van der Waals surface area contributed by atoms with Crippen molar-refractivity contribution in [3.05, 3.63) is 24.3 Å². The van der Waals surface area contributed by atoms with Gasteiger partial charge >= 0.3 is 0 Å². The van der Waals surface area contributed by atoms with Crippen molar-refractivity contribution in [3.63, 3.8) is 0 Å². The lowest BCUT2D eigenvalue weighted by Crippen LogP contribution is -2.46. The van der Waals surface area contributed by atoms with Crippen LogP contribution in [0.25, 0.3) is 0 Å². The third-order valence-corrected chi connectivity index (χ3v) is 4.47. The number of nitrogens with zero attached hydrogens (tertiary/aromatic N) is 1. The van der Waals surface area contributed by atoms with E-state index in [1.165, 1.54) is 26.3 Å². The molecule has 1 rings (SSSR count). The van der Waals surface area contributed by atoms with Gasteiger partial charge in [-0.25, -0.2) is 8.42 Å². The molecular formula is C14H22N2O4S. The molecule has 0 aliphatic carbocycles. The first kappa shape index (κ1) is 17.5. The van der Waals surface area contributed by atoms with Gasteiger partial charge in [-0.15, -0.1) is 0 Å². The predicted molar refractivity (Wildman–Crippen MR) is 80.7 cm³/mol. The van der Waals surface area contributed by atoms with E-state index >= 15 is 0 Å². The highest BCUT2D eigenvalue weighted by Gasteiger charge is 2.24. The number of carbonyl (C=O) groups excluding carboxylic acids is 1. The second kappa shape index (κ2) is 6.44. The molecule has 0 aliphatic rings. The molecule has 0 aromatic heterocycles. The number of nitrogens with one attached hydrogen (secondary N) is 1. The van der Waals surface area contributed by atoms with Gasteiger partial charge in [-0.3, -0.25) is 4.79 Å². The molecule has 0 saturated heterocycles. The van der Waals surface area contributed by atoms with Gasteiger partial charge in [0.15, 0.2) is 0 Å². The van der Waals surface area contributed by atoms with Gasteiger partial charge in [0.05, 0.1) is 18.6 Å². The molecule has 0 heterocycles. The Labute approximate surface area is 126 Å². The quantitative estimate of drug-likeness (QED) is 0.887. The molecule has 1 aromatic carbocycles. The van der Waals surface area contributed by atoms with Crippen LogP contribution in [0.4, 0.5) is 0 Å². The molecule has 1 N–H and O–H groups in total. The molecule has 0 saturated carbocycles. The van der Waals surface area contributed by atoms with Gasteiger partial charge in [0.25, 0.3) is 0 Å². The predicted octanol–water partition coefficient (Wildman–Crippen LogP) is 1.23. The number of benzene rings is 1. The van der Waals surface area contributed by atoms with Crippen LogP contribution >= 0.6 is 0 Å². The Morgan fingerprint density at radius 2 is 1.76 bits per heavy atom. The Hall–Kier alpha value is -1.60. The van der Waals surface area contributed by atoms with Gasteiger partial charge in [0, 0.05) is 12.6 Å². The van der Waals surface area contributed by atoms with Crippen LogP contribution in [0, 0.1) is 0 Å². The summed E-state index contributed by atoms with van der Waals surface area (Å²) < 4.78 is 30.7. The number of methoxy groups -OCH3 is 1. The van der Waals surface area contributed by atoms with Crippen LogP contribution in [-0.2, 0) is 14.8 Å². The minimum absolute atomic E-state index is 0.120. The summed E-state index contributed by atoms with van der Waals surface area (Å²) in [6.45, 7) is 5.28. The first-order valence-corrected chi connectivity index (χ1v) is 7.91. The average molecular weight is 314 g/mol. The molecule has 0 aliphatic heterocycles. The zero-order valence-electron chi connectivity index (χ0n) is 13.0. The fourth-order valence-electron chi connectivity index (χ4n) is 1.67. The molecule has 1 aromatic rings. The zero-order valence-corrected chi connectivity index (χ0v) is 13.8. The zero-order chi connectivity index (χ0) is 16.3. The van der Waals surface area contributed by atoms with Gasteiger partial charge in [0.2, 0.25) is 15.9 Å². The third-order valence-electron chi connectivity index (χ3n) is 2.65. The molecule has 7 heteroatoms. The van der Waals surface area contributed by atoms with E-state index in [0.29, 0.717) is 5.75 Å². The van der Waals surface area contributed by atoms with Crippen molar-refractivity contribution >= 4 is 15.9 Å². The molecule has 118 valence electrons. The van der Waals surface area contributed by atoms with E-state index in [9.17, 15) is 13.2 Å². The molecule has 0 bridgehead atoms. The van der Waals surface area contributed by atoms with E-state index in [4.69, 9.17) is 4.74 Å². The van der Waals surface area contributed by atoms with Gasteiger partial charge in [-0.05, 0) is 45.0 Å². The summed E-state index contributed by atoms with van der Waals surface area (Å²) >= 11 is 0. The maximum Gasteiger partial charge on any atom is 0.243 e. The summed E-state index contributed by atoms with van der Waals surface area (Å²) in [5.41, 5.74) is -0.401. The first-order valence-electron chi connectivity index (χ1n) is 6.47. The Balaban J connectivity index is 2.84. The fraction of sp³-hybridized carbons (Fsp3) is 0.500. The van der Waals surface area contributed by atoms with E-state index in [1.54, 1.807) is 12.1 Å². The second-order valence-electron chi connectivity index (χ2n) is 5.73. The molecule has 1 amide bonds. The normalized spacial score (nSPS) is 12.3. The van der Waals surface area contributed by atoms with Crippen LogP contribution in [0.1, 0.15) is 20.8 Å². The maximum atomic E-state index is 12.3. The van der Waals surface area contributed by atoms with E-state index in [2.05, 4.69) is 5.32 Å². The highest BCUT2D eigenvalue weighted by molar-refractivity contribution is 7.89. The van der Waals surface area contributed by atoms with E-state index in [0.717, 1.165) is 4.31 Å². The second-order valence-corrected chi connectivity index (χ2v) is 7.78. The Bertz CT molecular complexity index is 588. The topological polar surface area (TPSA) is 75.7 Å². The average Bonchev–Trinajstić information content (AvgIpc) is 2.36. The first-order chi connectivity index (χ1) is 9.56. The summed E-state index contributed by atoms with van der Waals surface area (Å²) in [6.07, 6.45) is 0. The van der Waals surface area contributed by atoms with Crippen LogP contribution < -0.4 is 10.1 Å². The molecule has 0 unspecified atom stereocenters. The van der Waals surface area contributed by atoms with E-state index in [-0.39, 0.29) is 17.3 Å². The van der Waals surface area contributed by atoms with Gasteiger partial charge in [-0.2, -0.15) is 4.31 Å². The lowest BCUT2D eigenvalue weighted by Gasteiger charge is -2.23. The van der Waals surface area contributed by atoms with Crippen molar-refractivity contribution in [1.29, 1.82) is 0 Å². The van der Waals surface area contributed by atoms with Crippen LogP contribution in [0.15, 0.2) is 29.2 Å². The maximum absolute atomic E-state index is 12.3. The number of ether oxygens (including phenoxy) is 1. The number of amides is 1. The largest absolute Gasteiger partial charge is 0.497 e. The summed E-state index contributed by atoms with van der Waals surface area (Å²) in [5, 5.41) is 2.73. The van der Waals surface area contributed by atoms with Gasteiger partial charge in [0.1, 0.15) is 5.75 Å². The smallest absolute Gasteiger partial charge is 0.243 e. The van der Waals surface area contributed by atoms with E-state index < -0.39 is 15.6 Å². The SMILES string of the molecule is COc1ccc(S(=O)(=O)N(C)CC(=O)NC(C)(C)C)cc1. The van der Waals surface area contributed by atoms with Crippen LogP contribution in [0.5, 0.6) is 5.75 Å². The van der Waals surface area contributed by atoms with Crippen molar-refractivity contribution < 1.29 is 17.9 Å². The van der Waals surface area contributed by atoms with Crippen LogP contribution in [0.3, 0.4) is 0 Å². The Kier molecular flexibility index (Phi) is 5.36. The summed E-state index contributed by atoms with van der Waals surface area (Å²) in [7, 11) is -0.814.